The summed E-state index contributed by atoms with van der Waals surface area (Å²) in [5, 5.41) is 3.14. The van der Waals surface area contributed by atoms with Gasteiger partial charge in [0.2, 0.25) is 5.91 Å². The summed E-state index contributed by atoms with van der Waals surface area (Å²) in [5.74, 6) is 0.267. The molecule has 0 bridgehead atoms. The Bertz CT molecular complexity index is 255. The zero-order valence-corrected chi connectivity index (χ0v) is 10.4. The molecular weight excluding hydrogens is 202 g/mol. The lowest BCUT2D eigenvalue weighted by atomic mass is 10.0. The van der Waals surface area contributed by atoms with Gasteiger partial charge in [-0.25, -0.2) is 0 Å². The van der Waals surface area contributed by atoms with E-state index in [0.717, 1.165) is 26.1 Å². The highest BCUT2D eigenvalue weighted by molar-refractivity contribution is 5.79. The molecule has 4 heteroatoms. The predicted octanol–water partition coefficient (Wildman–Crippen LogP) is 0.639. The maximum absolute atomic E-state index is 11.9. The Hall–Kier alpha value is -0.610. The fourth-order valence-electron chi connectivity index (χ4n) is 2.81. The zero-order valence-electron chi connectivity index (χ0n) is 10.4. The first-order chi connectivity index (χ1) is 7.70. The van der Waals surface area contributed by atoms with Gasteiger partial charge in [0, 0.05) is 25.7 Å². The zero-order chi connectivity index (χ0) is 11.5. The van der Waals surface area contributed by atoms with Crippen molar-refractivity contribution >= 4 is 5.91 Å². The fourth-order valence-corrected chi connectivity index (χ4v) is 2.81. The lowest BCUT2D eigenvalue weighted by molar-refractivity contribution is -0.141. The number of nitrogens with one attached hydrogen (secondary N) is 1. The smallest absolute Gasteiger partial charge is 0.237 e. The molecule has 16 heavy (non-hydrogen) atoms. The molecule has 2 fully saturated rings. The third-order valence-electron chi connectivity index (χ3n) is 3.66. The largest absolute Gasteiger partial charge is 0.325 e. The number of carbonyl (C=O) groups excluding carboxylic acids is 1. The molecule has 0 radical (unpaired) electrons. The summed E-state index contributed by atoms with van der Waals surface area (Å²) in [6, 6.07) is 0.535. The van der Waals surface area contributed by atoms with Gasteiger partial charge in [-0.2, -0.15) is 0 Å². The molecule has 2 heterocycles. The molecule has 0 aromatic rings. The van der Waals surface area contributed by atoms with Gasteiger partial charge < -0.3 is 10.2 Å². The molecule has 1 N–H and O–H groups in total. The van der Waals surface area contributed by atoms with Gasteiger partial charge in [0.25, 0.3) is 0 Å². The van der Waals surface area contributed by atoms with Gasteiger partial charge in [-0.05, 0) is 33.1 Å². The molecule has 0 aromatic heterocycles. The van der Waals surface area contributed by atoms with Gasteiger partial charge in [0.15, 0.2) is 0 Å². The van der Waals surface area contributed by atoms with Gasteiger partial charge >= 0.3 is 0 Å². The summed E-state index contributed by atoms with van der Waals surface area (Å²) < 4.78 is 0. The SMILES string of the molecule is CC(C)N1CCCCC1N1CCNCC1=O. The fraction of sp³-hybridized carbons (Fsp3) is 0.917. The first kappa shape index (κ1) is 11.9. The molecule has 2 saturated heterocycles. The molecule has 2 rings (SSSR count). The van der Waals surface area contributed by atoms with Gasteiger partial charge in [-0.1, -0.05) is 0 Å². The highest BCUT2D eigenvalue weighted by Crippen LogP contribution is 2.23. The second-order valence-electron chi connectivity index (χ2n) is 5.07. The van der Waals surface area contributed by atoms with E-state index in [0.29, 0.717) is 18.8 Å². The molecule has 1 atom stereocenters. The van der Waals surface area contributed by atoms with Crippen molar-refractivity contribution in [2.45, 2.75) is 45.3 Å². The highest BCUT2D eigenvalue weighted by Gasteiger charge is 2.33. The number of amides is 1. The van der Waals surface area contributed by atoms with Crippen LogP contribution in [0.3, 0.4) is 0 Å². The number of rotatable bonds is 2. The van der Waals surface area contributed by atoms with Crippen LogP contribution in [0.5, 0.6) is 0 Å². The maximum Gasteiger partial charge on any atom is 0.237 e. The van der Waals surface area contributed by atoms with Crippen molar-refractivity contribution in [3.8, 4) is 0 Å². The molecule has 1 unspecified atom stereocenters. The quantitative estimate of drug-likeness (QED) is 0.749. The number of likely N-dealkylation sites (tertiary alicyclic amines) is 1. The molecule has 0 spiro atoms. The third kappa shape index (κ3) is 2.38. The van der Waals surface area contributed by atoms with E-state index in [1.165, 1.54) is 12.8 Å². The molecular formula is C12H23N3O. The van der Waals surface area contributed by atoms with E-state index in [1.807, 2.05) is 0 Å². The van der Waals surface area contributed by atoms with Gasteiger partial charge in [0.1, 0.15) is 0 Å². The number of nitrogens with zero attached hydrogens (tertiary/aromatic N) is 2. The van der Waals surface area contributed by atoms with Crippen LogP contribution in [0.15, 0.2) is 0 Å². The monoisotopic (exact) mass is 225 g/mol. The summed E-state index contributed by atoms with van der Waals surface area (Å²) in [7, 11) is 0. The summed E-state index contributed by atoms with van der Waals surface area (Å²) in [6.07, 6.45) is 4.02. The van der Waals surface area contributed by atoms with E-state index in [2.05, 4.69) is 29.0 Å². The average molecular weight is 225 g/mol. The minimum atomic E-state index is 0.267. The molecule has 4 nitrogen and oxygen atoms in total. The van der Waals surface area contributed by atoms with Gasteiger partial charge in [-0.3, -0.25) is 9.69 Å². The second-order valence-corrected chi connectivity index (χ2v) is 5.07. The number of hydrogen-bond donors (Lipinski definition) is 1. The van der Waals surface area contributed by atoms with Crippen LogP contribution in [0.1, 0.15) is 33.1 Å². The lowest BCUT2D eigenvalue weighted by Crippen LogP contribution is -2.60. The number of piperazine rings is 1. The van der Waals surface area contributed by atoms with E-state index < -0.39 is 0 Å². The van der Waals surface area contributed by atoms with E-state index in [1.54, 1.807) is 0 Å². The minimum Gasteiger partial charge on any atom is -0.325 e. The molecule has 0 saturated carbocycles. The van der Waals surface area contributed by atoms with Crippen molar-refractivity contribution in [1.82, 2.24) is 15.1 Å². The Labute approximate surface area is 98.0 Å². The van der Waals surface area contributed by atoms with Gasteiger partial charge in [-0.15, -0.1) is 0 Å². The second kappa shape index (κ2) is 5.15. The molecule has 2 aliphatic rings. The van der Waals surface area contributed by atoms with E-state index in [9.17, 15) is 4.79 Å². The Morgan fingerprint density at radius 2 is 2.12 bits per heavy atom. The Balaban J connectivity index is 2.06. The van der Waals surface area contributed by atoms with Crippen LogP contribution in [0, 0.1) is 0 Å². The topological polar surface area (TPSA) is 35.6 Å². The Morgan fingerprint density at radius 1 is 1.31 bits per heavy atom. The Kier molecular flexibility index (Phi) is 3.82. The van der Waals surface area contributed by atoms with Crippen molar-refractivity contribution in [2.75, 3.05) is 26.2 Å². The molecule has 0 aromatic carbocycles. The van der Waals surface area contributed by atoms with Crippen molar-refractivity contribution < 1.29 is 4.79 Å². The highest BCUT2D eigenvalue weighted by atomic mass is 16.2. The van der Waals surface area contributed by atoms with Gasteiger partial charge in [0.05, 0.1) is 12.7 Å². The van der Waals surface area contributed by atoms with Crippen LogP contribution >= 0.6 is 0 Å². The summed E-state index contributed by atoms with van der Waals surface area (Å²) >= 11 is 0. The number of hydrogen-bond acceptors (Lipinski definition) is 3. The van der Waals surface area contributed by atoms with Crippen molar-refractivity contribution in [1.29, 1.82) is 0 Å². The molecule has 1 amide bonds. The number of piperidine rings is 1. The first-order valence-corrected chi connectivity index (χ1v) is 6.46. The van der Waals surface area contributed by atoms with Crippen molar-refractivity contribution in [3.05, 3.63) is 0 Å². The summed E-state index contributed by atoms with van der Waals surface area (Å²) in [5.41, 5.74) is 0. The average Bonchev–Trinajstić information content (AvgIpc) is 2.29. The first-order valence-electron chi connectivity index (χ1n) is 6.46. The van der Waals surface area contributed by atoms with Crippen molar-refractivity contribution in [2.24, 2.45) is 0 Å². The van der Waals surface area contributed by atoms with Crippen LogP contribution in [0.2, 0.25) is 0 Å². The Morgan fingerprint density at radius 3 is 2.81 bits per heavy atom. The van der Waals surface area contributed by atoms with Crippen LogP contribution in [0.25, 0.3) is 0 Å². The van der Waals surface area contributed by atoms with E-state index in [-0.39, 0.29) is 5.91 Å². The van der Waals surface area contributed by atoms with Crippen LogP contribution in [0.4, 0.5) is 0 Å². The minimum absolute atomic E-state index is 0.267. The molecule has 92 valence electrons. The number of carbonyl (C=O) groups is 1. The maximum atomic E-state index is 11.9. The lowest BCUT2D eigenvalue weighted by Gasteiger charge is -2.46. The molecule has 0 aliphatic carbocycles. The normalized spacial score (nSPS) is 28.8. The van der Waals surface area contributed by atoms with E-state index in [4.69, 9.17) is 0 Å². The van der Waals surface area contributed by atoms with Crippen LogP contribution in [-0.4, -0.2) is 54.1 Å². The van der Waals surface area contributed by atoms with E-state index >= 15 is 0 Å². The van der Waals surface area contributed by atoms with Crippen LogP contribution < -0.4 is 5.32 Å². The summed E-state index contributed by atoms with van der Waals surface area (Å²) in [4.78, 5) is 16.5. The van der Waals surface area contributed by atoms with Crippen LogP contribution in [-0.2, 0) is 4.79 Å². The summed E-state index contributed by atoms with van der Waals surface area (Å²) in [6.45, 7) is 7.92. The molecule has 2 aliphatic heterocycles. The van der Waals surface area contributed by atoms with Crippen molar-refractivity contribution in [3.63, 3.8) is 0 Å². The standard InChI is InChI=1S/C12H23N3O/c1-10(2)14-7-4-3-5-11(14)15-8-6-13-9-12(15)16/h10-11,13H,3-9H2,1-2H3. The third-order valence-corrected chi connectivity index (χ3v) is 3.66. The predicted molar refractivity (Wildman–Crippen MR) is 64.1 cm³/mol.